The maximum atomic E-state index is 14.0. The van der Waals surface area contributed by atoms with Crippen molar-refractivity contribution in [3.05, 3.63) is 107 Å². The first-order chi connectivity index (χ1) is 17.6. The number of nitrogens with zero attached hydrogens (tertiary/aromatic N) is 2. The maximum Gasteiger partial charge on any atom is 0.316 e. The monoisotopic (exact) mass is 517 g/mol. The summed E-state index contributed by atoms with van der Waals surface area (Å²) in [6.07, 6.45) is 4.95. The molecule has 3 aromatic rings. The Morgan fingerprint density at radius 3 is 2.47 bits per heavy atom. The highest BCUT2D eigenvalue weighted by molar-refractivity contribution is 8.02. The van der Waals surface area contributed by atoms with Gasteiger partial charge in [0.05, 0.1) is 0 Å². The van der Waals surface area contributed by atoms with Crippen molar-refractivity contribution >= 4 is 41.5 Å². The van der Waals surface area contributed by atoms with Crippen LogP contribution in [-0.2, 0) is 14.3 Å². The molecule has 0 bridgehead atoms. The predicted octanol–water partition coefficient (Wildman–Crippen LogP) is 4.35. The molecule has 36 heavy (non-hydrogen) atoms. The van der Waals surface area contributed by atoms with Crippen LogP contribution in [0, 0.1) is 5.41 Å². The fraction of sp³-hybridized carbons (Fsp3) is 0.250. The number of amides is 1. The van der Waals surface area contributed by atoms with Gasteiger partial charge in [-0.1, -0.05) is 66.7 Å². The van der Waals surface area contributed by atoms with E-state index < -0.39 is 17.6 Å². The summed E-state index contributed by atoms with van der Waals surface area (Å²) in [6.45, 7) is 0.306. The molecule has 3 atom stereocenters. The van der Waals surface area contributed by atoms with Crippen molar-refractivity contribution in [2.24, 2.45) is 11.1 Å². The van der Waals surface area contributed by atoms with Crippen molar-refractivity contribution < 1.29 is 14.3 Å². The minimum absolute atomic E-state index is 0.0756. The number of rotatable bonds is 8. The van der Waals surface area contributed by atoms with E-state index in [1.807, 2.05) is 84.3 Å². The molecule has 0 saturated carbocycles. The van der Waals surface area contributed by atoms with Gasteiger partial charge in [0.15, 0.2) is 6.10 Å². The third kappa shape index (κ3) is 5.07. The Morgan fingerprint density at radius 1 is 1.14 bits per heavy atom. The van der Waals surface area contributed by atoms with Crippen molar-refractivity contribution in [3.8, 4) is 0 Å². The molecule has 184 valence electrons. The minimum Gasteiger partial charge on any atom is -0.452 e. The molecule has 0 radical (unpaired) electrons. The molecule has 6 nitrogen and oxygen atoms in total. The summed E-state index contributed by atoms with van der Waals surface area (Å²) >= 11 is 3.10. The number of carbonyl (C=O) groups is 2. The van der Waals surface area contributed by atoms with Gasteiger partial charge in [-0.15, -0.1) is 23.5 Å². The number of carbonyl (C=O) groups excluding carboxylic acids is 2. The minimum atomic E-state index is -0.858. The third-order valence-corrected chi connectivity index (χ3v) is 9.11. The number of aromatic nitrogens is 1. The zero-order chi connectivity index (χ0) is 25.0. The van der Waals surface area contributed by atoms with E-state index in [0.717, 1.165) is 16.7 Å². The summed E-state index contributed by atoms with van der Waals surface area (Å²) in [4.78, 5) is 32.3. The SMILES string of the molecule is NC1C(=O)N2CC(CSC=Cc3cccnc3)(C(=O)OC(c3ccccc3)c3ccccc3)CS[C@H]12. The summed E-state index contributed by atoms with van der Waals surface area (Å²) in [7, 11) is 0. The molecular weight excluding hydrogens is 490 g/mol. The van der Waals surface area contributed by atoms with Gasteiger partial charge in [0.25, 0.3) is 0 Å². The molecule has 2 aromatic carbocycles. The molecule has 1 aromatic heterocycles. The fourth-order valence-electron chi connectivity index (χ4n) is 4.42. The quantitative estimate of drug-likeness (QED) is 0.351. The summed E-state index contributed by atoms with van der Waals surface area (Å²) in [6, 6.07) is 22.9. The van der Waals surface area contributed by atoms with Crippen LogP contribution < -0.4 is 5.73 Å². The lowest BCUT2D eigenvalue weighted by Crippen LogP contribution is -2.72. The van der Waals surface area contributed by atoms with Gasteiger partial charge in [-0.05, 0) is 34.2 Å². The van der Waals surface area contributed by atoms with Gasteiger partial charge >= 0.3 is 5.97 Å². The average Bonchev–Trinajstić information content (AvgIpc) is 2.95. The lowest BCUT2D eigenvalue weighted by Gasteiger charge is -2.53. The Kier molecular flexibility index (Phi) is 7.46. The maximum absolute atomic E-state index is 14.0. The molecule has 2 unspecified atom stereocenters. The molecule has 0 aliphatic carbocycles. The van der Waals surface area contributed by atoms with E-state index in [2.05, 4.69) is 4.98 Å². The molecule has 2 aliphatic heterocycles. The standard InChI is InChI=1S/C28H27N3O3S2/c29-23-25(32)31-17-28(19-36-26(23)31,18-35-15-13-20-8-7-14-30-16-20)27(33)34-24(21-9-3-1-4-10-21)22-11-5-2-6-12-22/h1-16,23-24,26H,17-19,29H2/t23?,26-,28?/m1/s1. The average molecular weight is 518 g/mol. The molecule has 1 amide bonds. The molecule has 2 aliphatic rings. The van der Waals surface area contributed by atoms with Gasteiger partial charge in [0, 0.05) is 30.4 Å². The van der Waals surface area contributed by atoms with Crippen molar-refractivity contribution in [1.82, 2.24) is 9.88 Å². The summed E-state index contributed by atoms with van der Waals surface area (Å²) in [5, 5.41) is 1.90. The van der Waals surface area contributed by atoms with E-state index in [9.17, 15) is 9.59 Å². The van der Waals surface area contributed by atoms with E-state index in [1.54, 1.807) is 29.1 Å². The van der Waals surface area contributed by atoms with Crippen LogP contribution in [0.3, 0.4) is 0 Å². The molecule has 8 heteroatoms. The summed E-state index contributed by atoms with van der Waals surface area (Å²) in [5.74, 6) is 0.611. The Balaban J connectivity index is 1.39. The van der Waals surface area contributed by atoms with Crippen molar-refractivity contribution in [2.45, 2.75) is 17.5 Å². The number of thioether (sulfide) groups is 2. The Hall–Kier alpha value is -3.07. The van der Waals surface area contributed by atoms with Crippen LogP contribution in [0.4, 0.5) is 0 Å². The van der Waals surface area contributed by atoms with Crippen LogP contribution in [0.1, 0.15) is 22.8 Å². The van der Waals surface area contributed by atoms with Crippen molar-refractivity contribution in [3.63, 3.8) is 0 Å². The van der Waals surface area contributed by atoms with Crippen LogP contribution in [0.5, 0.6) is 0 Å². The third-order valence-electron chi connectivity index (χ3n) is 6.45. The Morgan fingerprint density at radius 2 is 1.83 bits per heavy atom. The highest BCUT2D eigenvalue weighted by Gasteiger charge is 2.56. The van der Waals surface area contributed by atoms with Gasteiger partial charge in [-0.3, -0.25) is 14.6 Å². The zero-order valence-electron chi connectivity index (χ0n) is 19.6. The number of benzene rings is 2. The smallest absolute Gasteiger partial charge is 0.316 e. The topological polar surface area (TPSA) is 85.5 Å². The van der Waals surface area contributed by atoms with Crippen molar-refractivity contribution in [1.29, 1.82) is 0 Å². The first kappa shape index (κ1) is 24.6. The van der Waals surface area contributed by atoms with E-state index >= 15 is 0 Å². The molecule has 2 saturated heterocycles. The second kappa shape index (κ2) is 10.9. The van der Waals surface area contributed by atoms with Gasteiger partial charge in [0.1, 0.15) is 16.8 Å². The number of hydrogen-bond donors (Lipinski definition) is 1. The number of hydrogen-bond acceptors (Lipinski definition) is 7. The number of nitrogens with two attached hydrogens (primary N) is 1. The van der Waals surface area contributed by atoms with Crippen molar-refractivity contribution in [2.75, 3.05) is 18.1 Å². The van der Waals surface area contributed by atoms with E-state index in [-0.39, 0.29) is 17.3 Å². The van der Waals surface area contributed by atoms with Gasteiger partial charge in [-0.25, -0.2) is 0 Å². The number of esters is 1. The predicted molar refractivity (Wildman–Crippen MR) is 145 cm³/mol. The van der Waals surface area contributed by atoms with Crippen LogP contribution in [0.25, 0.3) is 6.08 Å². The highest BCUT2D eigenvalue weighted by Crippen LogP contribution is 2.44. The number of β-lactam (4-membered cyclic amide) rings is 1. The first-order valence-electron chi connectivity index (χ1n) is 11.7. The van der Waals surface area contributed by atoms with E-state index in [4.69, 9.17) is 10.5 Å². The zero-order valence-corrected chi connectivity index (χ0v) is 21.2. The molecule has 5 rings (SSSR count). The normalized spacial score (nSPS) is 23.4. The molecule has 2 N–H and O–H groups in total. The second-order valence-electron chi connectivity index (χ2n) is 8.98. The van der Waals surface area contributed by atoms with E-state index in [1.165, 1.54) is 11.8 Å². The van der Waals surface area contributed by atoms with Gasteiger partial charge in [0.2, 0.25) is 5.91 Å². The first-order valence-corrected chi connectivity index (χ1v) is 13.8. The lowest BCUT2D eigenvalue weighted by molar-refractivity contribution is -0.163. The molecule has 2 fully saturated rings. The largest absolute Gasteiger partial charge is 0.452 e. The highest BCUT2D eigenvalue weighted by atomic mass is 32.2. The second-order valence-corrected chi connectivity index (χ2v) is 11.0. The van der Waals surface area contributed by atoms with Crippen LogP contribution in [0.15, 0.2) is 90.6 Å². The van der Waals surface area contributed by atoms with Crippen LogP contribution in [-0.4, -0.2) is 51.2 Å². The Labute approximate surface area is 219 Å². The van der Waals surface area contributed by atoms with Gasteiger partial charge in [-0.2, -0.15) is 0 Å². The molecule has 0 spiro atoms. The number of ether oxygens (including phenoxy) is 1. The summed E-state index contributed by atoms with van der Waals surface area (Å²) in [5.41, 5.74) is 7.94. The Bertz CT molecular complexity index is 1190. The molecular formula is C28H27N3O3S2. The van der Waals surface area contributed by atoms with Crippen LogP contribution >= 0.6 is 23.5 Å². The number of fused-ring (bicyclic) bond motifs is 1. The van der Waals surface area contributed by atoms with E-state index in [0.29, 0.717) is 18.1 Å². The lowest BCUT2D eigenvalue weighted by atomic mass is 9.89. The fourth-order valence-corrected chi connectivity index (χ4v) is 7.02. The van der Waals surface area contributed by atoms with Crippen LogP contribution in [0.2, 0.25) is 0 Å². The summed E-state index contributed by atoms with van der Waals surface area (Å²) < 4.78 is 6.28. The molecule has 3 heterocycles. The number of pyridine rings is 1. The van der Waals surface area contributed by atoms with Gasteiger partial charge < -0.3 is 15.4 Å².